The van der Waals surface area contributed by atoms with Crippen molar-refractivity contribution >= 4 is 17.5 Å². The third-order valence-electron chi connectivity index (χ3n) is 2.19. The lowest BCUT2D eigenvalue weighted by molar-refractivity contribution is 0.0380. The predicted molar refractivity (Wildman–Crippen MR) is 64.1 cm³/mol. The Balaban J connectivity index is 2.67. The minimum atomic E-state index is -0.713. The number of nitrogens with zero attached hydrogens (tertiary/aromatic N) is 2. The van der Waals surface area contributed by atoms with E-state index in [-0.39, 0.29) is 19.1 Å². The Morgan fingerprint density at radius 2 is 2.41 bits per heavy atom. The Morgan fingerprint density at radius 1 is 1.71 bits per heavy atom. The number of aliphatic hydroxyl groups is 1. The molecule has 1 atom stereocenters. The van der Waals surface area contributed by atoms with Crippen LogP contribution in [-0.2, 0) is 4.74 Å². The highest BCUT2D eigenvalue weighted by atomic mass is 35.5. The predicted octanol–water partition coefficient (Wildman–Crippen LogP) is 0.814. The molecule has 0 aromatic carbocycles. The van der Waals surface area contributed by atoms with Gasteiger partial charge in [-0.05, 0) is 6.07 Å². The van der Waals surface area contributed by atoms with E-state index in [1.165, 1.54) is 24.4 Å². The normalized spacial score (nSPS) is 12.2. The van der Waals surface area contributed by atoms with E-state index < -0.39 is 6.10 Å². The average Bonchev–Trinajstić information content (AvgIpc) is 2.29. The van der Waals surface area contributed by atoms with Crippen molar-refractivity contribution < 1.29 is 14.6 Å². The minimum Gasteiger partial charge on any atom is -0.389 e. The van der Waals surface area contributed by atoms with E-state index in [0.717, 1.165) is 0 Å². The van der Waals surface area contributed by atoms with Gasteiger partial charge >= 0.3 is 0 Å². The maximum atomic E-state index is 12.0. The molecule has 1 N–H and O–H groups in total. The van der Waals surface area contributed by atoms with Crippen LogP contribution in [0.1, 0.15) is 10.4 Å². The second kappa shape index (κ2) is 6.54. The summed E-state index contributed by atoms with van der Waals surface area (Å²) in [4.78, 5) is 17.2. The number of pyridine rings is 1. The summed E-state index contributed by atoms with van der Waals surface area (Å²) in [6.07, 6.45) is 2.20. The van der Waals surface area contributed by atoms with E-state index in [4.69, 9.17) is 16.3 Å². The van der Waals surface area contributed by atoms with Crippen molar-refractivity contribution in [1.82, 2.24) is 9.88 Å². The van der Waals surface area contributed by atoms with Crippen LogP contribution in [0.2, 0.25) is 5.02 Å². The first-order valence-electron chi connectivity index (χ1n) is 5.08. The summed E-state index contributed by atoms with van der Waals surface area (Å²) in [5.74, 6) is -0.257. The van der Waals surface area contributed by atoms with Gasteiger partial charge in [0.15, 0.2) is 0 Å². The van der Waals surface area contributed by atoms with Crippen LogP contribution in [0, 0.1) is 0 Å². The Bertz CT molecular complexity index is 387. The van der Waals surface area contributed by atoms with Gasteiger partial charge in [-0.1, -0.05) is 11.6 Å². The SMILES string of the molecule is COCC(O)CN(C)C(=O)c1ccncc1Cl. The number of aromatic nitrogens is 1. The number of ether oxygens (including phenoxy) is 1. The number of likely N-dealkylation sites (N-methyl/N-ethyl adjacent to an activating group) is 1. The Morgan fingerprint density at radius 3 is 3.00 bits per heavy atom. The van der Waals surface area contributed by atoms with Gasteiger partial charge in [0.1, 0.15) is 0 Å². The molecule has 0 saturated heterocycles. The van der Waals surface area contributed by atoms with Gasteiger partial charge < -0.3 is 14.7 Å². The molecule has 94 valence electrons. The summed E-state index contributed by atoms with van der Waals surface area (Å²) in [7, 11) is 3.09. The first-order valence-corrected chi connectivity index (χ1v) is 5.46. The van der Waals surface area contributed by atoms with Crippen molar-refractivity contribution in [3.05, 3.63) is 29.0 Å². The molecule has 1 rings (SSSR count). The summed E-state index contributed by atoms with van der Waals surface area (Å²) in [5, 5.41) is 9.82. The summed E-state index contributed by atoms with van der Waals surface area (Å²) in [6, 6.07) is 1.55. The average molecular weight is 259 g/mol. The quantitative estimate of drug-likeness (QED) is 0.849. The van der Waals surface area contributed by atoms with Gasteiger partial charge in [0.05, 0.1) is 23.3 Å². The standard InChI is InChI=1S/C11H15ClN2O3/c1-14(6-8(15)7-17-2)11(16)9-3-4-13-5-10(9)12/h3-5,8,15H,6-7H2,1-2H3. The Kier molecular flexibility index (Phi) is 5.34. The molecule has 0 aliphatic rings. The molecule has 0 aliphatic heterocycles. The smallest absolute Gasteiger partial charge is 0.255 e. The number of amides is 1. The number of hydrogen-bond donors (Lipinski definition) is 1. The van der Waals surface area contributed by atoms with Crippen molar-refractivity contribution in [2.24, 2.45) is 0 Å². The minimum absolute atomic E-state index is 0.182. The van der Waals surface area contributed by atoms with E-state index in [2.05, 4.69) is 4.98 Å². The second-order valence-electron chi connectivity index (χ2n) is 3.65. The van der Waals surface area contributed by atoms with Gasteiger partial charge in [-0.15, -0.1) is 0 Å². The van der Waals surface area contributed by atoms with E-state index in [1.807, 2.05) is 0 Å². The largest absolute Gasteiger partial charge is 0.389 e. The van der Waals surface area contributed by atoms with Crippen LogP contribution >= 0.6 is 11.6 Å². The fourth-order valence-corrected chi connectivity index (χ4v) is 1.60. The zero-order valence-corrected chi connectivity index (χ0v) is 10.5. The molecule has 0 radical (unpaired) electrons. The number of halogens is 1. The molecule has 1 unspecified atom stereocenters. The molecule has 0 saturated carbocycles. The van der Waals surface area contributed by atoms with E-state index in [9.17, 15) is 9.90 Å². The van der Waals surface area contributed by atoms with E-state index in [0.29, 0.717) is 10.6 Å². The highest BCUT2D eigenvalue weighted by molar-refractivity contribution is 6.33. The van der Waals surface area contributed by atoms with Crippen LogP contribution in [0.3, 0.4) is 0 Å². The van der Waals surface area contributed by atoms with Crippen molar-refractivity contribution in [3.63, 3.8) is 0 Å². The zero-order chi connectivity index (χ0) is 12.8. The molecule has 5 nitrogen and oxygen atoms in total. The molecule has 0 fully saturated rings. The summed E-state index contributed by atoms with van der Waals surface area (Å²) in [5.41, 5.74) is 0.369. The monoisotopic (exact) mass is 258 g/mol. The van der Waals surface area contributed by atoms with Gasteiger partial charge in [-0.25, -0.2) is 0 Å². The molecule has 1 aromatic heterocycles. The first-order chi connectivity index (χ1) is 8.06. The van der Waals surface area contributed by atoms with E-state index >= 15 is 0 Å². The zero-order valence-electron chi connectivity index (χ0n) is 9.76. The molecule has 1 heterocycles. The van der Waals surface area contributed by atoms with Crippen LogP contribution in [0.25, 0.3) is 0 Å². The molecule has 1 aromatic rings. The van der Waals surface area contributed by atoms with Crippen LogP contribution < -0.4 is 0 Å². The molecule has 6 heteroatoms. The number of hydrogen-bond acceptors (Lipinski definition) is 4. The van der Waals surface area contributed by atoms with Gasteiger partial charge in [0.25, 0.3) is 5.91 Å². The van der Waals surface area contributed by atoms with Gasteiger partial charge in [0.2, 0.25) is 0 Å². The number of rotatable bonds is 5. The Hall–Kier alpha value is -1.17. The maximum Gasteiger partial charge on any atom is 0.255 e. The second-order valence-corrected chi connectivity index (χ2v) is 4.06. The molecular weight excluding hydrogens is 244 g/mol. The molecule has 0 spiro atoms. The topological polar surface area (TPSA) is 62.7 Å². The van der Waals surface area contributed by atoms with Crippen molar-refractivity contribution in [3.8, 4) is 0 Å². The van der Waals surface area contributed by atoms with Crippen LogP contribution in [0.15, 0.2) is 18.5 Å². The molecule has 0 bridgehead atoms. The van der Waals surface area contributed by atoms with Crippen LogP contribution in [0.5, 0.6) is 0 Å². The summed E-state index contributed by atoms with van der Waals surface area (Å²) < 4.78 is 4.79. The highest BCUT2D eigenvalue weighted by Gasteiger charge is 2.17. The lowest BCUT2D eigenvalue weighted by atomic mass is 10.2. The first kappa shape index (κ1) is 13.9. The fourth-order valence-electron chi connectivity index (χ4n) is 1.40. The number of aliphatic hydroxyl groups excluding tert-OH is 1. The van der Waals surface area contributed by atoms with E-state index in [1.54, 1.807) is 13.1 Å². The maximum absolute atomic E-state index is 12.0. The van der Waals surface area contributed by atoms with Gasteiger partial charge in [-0.2, -0.15) is 0 Å². The lowest BCUT2D eigenvalue weighted by Crippen LogP contribution is -2.36. The van der Waals surface area contributed by atoms with Crippen molar-refractivity contribution in [2.45, 2.75) is 6.10 Å². The van der Waals surface area contributed by atoms with Gasteiger partial charge in [-0.3, -0.25) is 9.78 Å². The van der Waals surface area contributed by atoms with Crippen LogP contribution in [0.4, 0.5) is 0 Å². The Labute approximate surface area is 105 Å². The molecule has 0 aliphatic carbocycles. The van der Waals surface area contributed by atoms with Crippen LogP contribution in [-0.4, -0.2) is 54.3 Å². The fraction of sp³-hybridized carbons (Fsp3) is 0.455. The third kappa shape index (κ3) is 3.96. The number of carbonyl (C=O) groups is 1. The number of methoxy groups -OCH3 is 1. The van der Waals surface area contributed by atoms with Crippen molar-refractivity contribution in [2.75, 3.05) is 27.3 Å². The summed E-state index contributed by atoms with van der Waals surface area (Å²) in [6.45, 7) is 0.368. The molecular formula is C11H15ClN2O3. The molecule has 17 heavy (non-hydrogen) atoms. The van der Waals surface area contributed by atoms with Gasteiger partial charge in [0, 0.05) is 33.1 Å². The van der Waals surface area contributed by atoms with Crippen molar-refractivity contribution in [1.29, 1.82) is 0 Å². The highest BCUT2D eigenvalue weighted by Crippen LogP contribution is 2.15. The summed E-state index contributed by atoms with van der Waals surface area (Å²) >= 11 is 5.86. The molecule has 1 amide bonds. The number of carbonyl (C=O) groups excluding carboxylic acids is 1. The third-order valence-corrected chi connectivity index (χ3v) is 2.49. The lowest BCUT2D eigenvalue weighted by Gasteiger charge is -2.20.